The molecular weight excluding hydrogens is 302 g/mol. The third-order valence-corrected chi connectivity index (χ3v) is 4.23. The molecule has 0 radical (unpaired) electrons. The van der Waals surface area contributed by atoms with Crippen LogP contribution in [0.1, 0.15) is 12.5 Å². The molecule has 1 N–H and O–H groups in total. The summed E-state index contributed by atoms with van der Waals surface area (Å²) in [7, 11) is 0. The Kier molecular flexibility index (Phi) is 3.31. The van der Waals surface area contributed by atoms with Gasteiger partial charge < -0.3 is 9.52 Å². The van der Waals surface area contributed by atoms with Gasteiger partial charge >= 0.3 is 0 Å². The van der Waals surface area contributed by atoms with Crippen molar-refractivity contribution in [2.24, 2.45) is 0 Å². The van der Waals surface area contributed by atoms with E-state index < -0.39 is 0 Å². The lowest BCUT2D eigenvalue weighted by Gasteiger charge is -2.06. The molecule has 2 aromatic carbocycles. The smallest absolute Gasteiger partial charge is 0.202 e. The van der Waals surface area contributed by atoms with Crippen LogP contribution in [-0.4, -0.2) is 10.1 Å². The minimum Gasteiger partial charge on any atom is -0.508 e. The van der Waals surface area contributed by atoms with Crippen molar-refractivity contribution in [3.8, 4) is 17.0 Å². The summed E-state index contributed by atoms with van der Waals surface area (Å²) in [4.78, 5) is 17.4. The first kappa shape index (κ1) is 14.5. The number of nitrogens with zero attached hydrogens (tertiary/aromatic N) is 1. The molecule has 2 heterocycles. The molecule has 0 atom stereocenters. The Bertz CT molecular complexity index is 1130. The summed E-state index contributed by atoms with van der Waals surface area (Å²) in [5.41, 5.74) is 2.78. The molecular formula is C20H15NO3. The molecule has 0 saturated carbocycles. The maximum atomic E-state index is 12.9. The average Bonchev–Trinajstić information content (AvgIpc) is 2.61. The monoisotopic (exact) mass is 317 g/mol. The molecule has 0 aliphatic rings. The fourth-order valence-electron chi connectivity index (χ4n) is 2.89. The molecule has 24 heavy (non-hydrogen) atoms. The van der Waals surface area contributed by atoms with Crippen LogP contribution < -0.4 is 5.43 Å². The van der Waals surface area contributed by atoms with E-state index in [-0.39, 0.29) is 11.2 Å². The molecule has 0 aliphatic carbocycles. The first-order valence-electron chi connectivity index (χ1n) is 7.81. The minimum absolute atomic E-state index is 0.143. The Morgan fingerprint density at radius 1 is 1.12 bits per heavy atom. The van der Waals surface area contributed by atoms with Crippen molar-refractivity contribution in [3.05, 3.63) is 70.6 Å². The third-order valence-electron chi connectivity index (χ3n) is 4.23. The van der Waals surface area contributed by atoms with Gasteiger partial charge in [0.25, 0.3) is 0 Å². The second-order valence-corrected chi connectivity index (χ2v) is 5.70. The van der Waals surface area contributed by atoms with Crippen molar-refractivity contribution in [1.82, 2.24) is 4.98 Å². The van der Waals surface area contributed by atoms with Gasteiger partial charge in [0.05, 0.1) is 22.2 Å². The van der Waals surface area contributed by atoms with Crippen molar-refractivity contribution in [2.45, 2.75) is 13.3 Å². The highest BCUT2D eigenvalue weighted by atomic mass is 16.3. The zero-order valence-corrected chi connectivity index (χ0v) is 13.1. The summed E-state index contributed by atoms with van der Waals surface area (Å²) in [5, 5.41) is 11.4. The Balaban J connectivity index is 1.97. The van der Waals surface area contributed by atoms with E-state index in [0.717, 1.165) is 16.5 Å². The van der Waals surface area contributed by atoms with E-state index in [2.05, 4.69) is 4.98 Å². The van der Waals surface area contributed by atoms with Gasteiger partial charge in [0, 0.05) is 11.5 Å². The summed E-state index contributed by atoms with van der Waals surface area (Å²) >= 11 is 0. The number of phenolic OH excluding ortho intramolecular Hbond substituents is 1. The van der Waals surface area contributed by atoms with E-state index >= 15 is 0 Å². The van der Waals surface area contributed by atoms with Crippen LogP contribution in [-0.2, 0) is 6.42 Å². The van der Waals surface area contributed by atoms with E-state index in [1.807, 2.05) is 43.3 Å². The van der Waals surface area contributed by atoms with Gasteiger partial charge in [0.2, 0.25) is 5.43 Å². The first-order chi connectivity index (χ1) is 11.7. The summed E-state index contributed by atoms with van der Waals surface area (Å²) < 4.78 is 5.57. The van der Waals surface area contributed by atoms with Crippen LogP contribution in [0.2, 0.25) is 0 Å². The fraction of sp³-hybridized carbons (Fsp3) is 0.100. The number of fused-ring (bicyclic) bond motifs is 2. The number of aryl methyl sites for hydroxylation is 1. The number of hydrogen-bond acceptors (Lipinski definition) is 4. The number of aromatic nitrogens is 1. The van der Waals surface area contributed by atoms with Crippen LogP contribution in [0.25, 0.3) is 33.1 Å². The Morgan fingerprint density at radius 2 is 1.96 bits per heavy atom. The number of pyridine rings is 1. The summed E-state index contributed by atoms with van der Waals surface area (Å²) in [5.74, 6) is 0.143. The number of aromatic hydroxyl groups is 1. The van der Waals surface area contributed by atoms with Crippen LogP contribution in [0.5, 0.6) is 5.75 Å². The van der Waals surface area contributed by atoms with Gasteiger partial charge in [-0.05, 0) is 30.2 Å². The van der Waals surface area contributed by atoms with Crippen LogP contribution in [0.4, 0.5) is 0 Å². The summed E-state index contributed by atoms with van der Waals surface area (Å²) in [6, 6.07) is 14.7. The summed E-state index contributed by atoms with van der Waals surface area (Å²) in [6.45, 7) is 1.93. The summed E-state index contributed by atoms with van der Waals surface area (Å²) in [6.07, 6.45) is 2.05. The molecule has 0 aliphatic heterocycles. The van der Waals surface area contributed by atoms with Crippen molar-refractivity contribution in [3.63, 3.8) is 0 Å². The van der Waals surface area contributed by atoms with Gasteiger partial charge in [-0.1, -0.05) is 31.2 Å². The topological polar surface area (TPSA) is 63.3 Å². The van der Waals surface area contributed by atoms with Gasteiger partial charge in [-0.15, -0.1) is 0 Å². The van der Waals surface area contributed by atoms with E-state index in [0.29, 0.717) is 28.6 Å². The molecule has 0 amide bonds. The van der Waals surface area contributed by atoms with E-state index in [1.165, 1.54) is 12.3 Å². The quantitative estimate of drug-likeness (QED) is 0.599. The number of benzene rings is 2. The van der Waals surface area contributed by atoms with Crippen LogP contribution >= 0.6 is 0 Å². The molecule has 4 aromatic rings. The molecule has 0 unspecified atom stereocenters. The highest BCUT2D eigenvalue weighted by Gasteiger charge is 2.13. The average molecular weight is 317 g/mol. The van der Waals surface area contributed by atoms with Crippen LogP contribution in [0, 0.1) is 0 Å². The van der Waals surface area contributed by atoms with Gasteiger partial charge in [-0.2, -0.15) is 0 Å². The predicted molar refractivity (Wildman–Crippen MR) is 94.3 cm³/mol. The van der Waals surface area contributed by atoms with E-state index in [9.17, 15) is 9.90 Å². The van der Waals surface area contributed by atoms with Crippen molar-refractivity contribution >= 4 is 21.9 Å². The SMILES string of the molecule is CCc1cc2c(=O)c(-c3ccc4ccccc4n3)coc2cc1O. The fourth-order valence-corrected chi connectivity index (χ4v) is 2.89. The highest BCUT2D eigenvalue weighted by molar-refractivity contribution is 5.85. The van der Waals surface area contributed by atoms with Gasteiger partial charge in [0.1, 0.15) is 17.6 Å². The van der Waals surface area contributed by atoms with Crippen molar-refractivity contribution in [1.29, 1.82) is 0 Å². The van der Waals surface area contributed by atoms with Gasteiger partial charge in [-0.3, -0.25) is 4.79 Å². The highest BCUT2D eigenvalue weighted by Crippen LogP contribution is 2.26. The lowest BCUT2D eigenvalue weighted by molar-refractivity contribution is 0.467. The Labute approximate surface area is 138 Å². The standard InChI is InChI=1S/C20H15NO3/c1-2-12-9-14-19(10-18(12)22)24-11-15(20(14)23)17-8-7-13-5-3-4-6-16(13)21-17/h3-11,22H,2H2,1H3. The molecule has 0 fully saturated rings. The molecule has 4 rings (SSSR count). The van der Waals surface area contributed by atoms with Crippen LogP contribution in [0.15, 0.2) is 64.0 Å². The second kappa shape index (κ2) is 5.49. The van der Waals surface area contributed by atoms with Crippen LogP contribution in [0.3, 0.4) is 0 Å². The maximum absolute atomic E-state index is 12.9. The number of rotatable bonds is 2. The predicted octanol–water partition coefficient (Wildman–Crippen LogP) is 4.28. The number of hydrogen-bond donors (Lipinski definition) is 1. The third kappa shape index (κ3) is 2.24. The molecule has 4 heteroatoms. The molecule has 0 spiro atoms. The Morgan fingerprint density at radius 3 is 2.79 bits per heavy atom. The maximum Gasteiger partial charge on any atom is 0.202 e. The molecule has 0 saturated heterocycles. The first-order valence-corrected chi connectivity index (χ1v) is 7.81. The zero-order valence-electron chi connectivity index (χ0n) is 13.1. The minimum atomic E-state index is -0.145. The largest absolute Gasteiger partial charge is 0.508 e. The van der Waals surface area contributed by atoms with Crippen molar-refractivity contribution in [2.75, 3.05) is 0 Å². The molecule has 2 aromatic heterocycles. The Hall–Kier alpha value is -3.14. The molecule has 4 nitrogen and oxygen atoms in total. The zero-order chi connectivity index (χ0) is 16.7. The lowest BCUT2D eigenvalue weighted by Crippen LogP contribution is -2.06. The van der Waals surface area contributed by atoms with E-state index in [1.54, 1.807) is 6.07 Å². The van der Waals surface area contributed by atoms with Crippen molar-refractivity contribution < 1.29 is 9.52 Å². The lowest BCUT2D eigenvalue weighted by atomic mass is 10.0. The van der Waals surface area contributed by atoms with E-state index in [4.69, 9.17) is 4.42 Å². The number of para-hydroxylation sites is 1. The normalized spacial score (nSPS) is 11.2. The molecule has 0 bridgehead atoms. The van der Waals surface area contributed by atoms with Gasteiger partial charge in [0.15, 0.2) is 0 Å². The second-order valence-electron chi connectivity index (χ2n) is 5.70. The number of phenols is 1. The van der Waals surface area contributed by atoms with Gasteiger partial charge in [-0.25, -0.2) is 4.98 Å². The molecule has 118 valence electrons.